The molecule has 3 heteroatoms. The van der Waals surface area contributed by atoms with Crippen molar-refractivity contribution in [3.05, 3.63) is 48.0 Å². The van der Waals surface area contributed by atoms with E-state index in [0.717, 1.165) is 16.3 Å². The van der Waals surface area contributed by atoms with E-state index in [0.29, 0.717) is 6.61 Å². The minimum Gasteiger partial charge on any atom is -0.464 e. The molecule has 1 aliphatic heterocycles. The molecule has 19 heavy (non-hydrogen) atoms. The number of epoxide rings is 1. The molecule has 0 saturated carbocycles. The van der Waals surface area contributed by atoms with Gasteiger partial charge in [0.05, 0.1) is 6.61 Å². The Morgan fingerprint density at radius 3 is 2.79 bits per heavy atom. The normalized spacial score (nSPS) is 25.3. The van der Waals surface area contributed by atoms with Gasteiger partial charge in [-0.2, -0.15) is 0 Å². The van der Waals surface area contributed by atoms with Crippen LogP contribution in [-0.2, 0) is 19.9 Å². The molecule has 1 fully saturated rings. The lowest BCUT2D eigenvalue weighted by Crippen LogP contribution is -2.19. The van der Waals surface area contributed by atoms with Crippen LogP contribution < -0.4 is 0 Å². The molecule has 2 aromatic carbocycles. The number of carbonyl (C=O) groups excluding carboxylic acids is 1. The summed E-state index contributed by atoms with van der Waals surface area (Å²) < 4.78 is 10.7. The highest BCUT2D eigenvalue weighted by Gasteiger charge is 2.59. The van der Waals surface area contributed by atoms with Gasteiger partial charge < -0.3 is 9.47 Å². The van der Waals surface area contributed by atoms with Crippen LogP contribution >= 0.6 is 0 Å². The van der Waals surface area contributed by atoms with Gasteiger partial charge in [0, 0.05) is 0 Å². The lowest BCUT2D eigenvalue weighted by Gasteiger charge is -2.10. The van der Waals surface area contributed by atoms with Crippen LogP contribution in [0.3, 0.4) is 0 Å². The first kappa shape index (κ1) is 12.2. The van der Waals surface area contributed by atoms with Gasteiger partial charge in [-0.1, -0.05) is 42.5 Å². The zero-order valence-electron chi connectivity index (χ0n) is 11.1. The molecule has 2 unspecified atom stereocenters. The molecule has 2 atom stereocenters. The van der Waals surface area contributed by atoms with Gasteiger partial charge in [-0.25, -0.2) is 4.79 Å². The molecular weight excluding hydrogens is 240 g/mol. The largest absolute Gasteiger partial charge is 0.464 e. The maximum Gasteiger partial charge on any atom is 0.338 e. The van der Waals surface area contributed by atoms with E-state index in [2.05, 4.69) is 18.2 Å². The molecule has 3 rings (SSSR count). The second-order valence-corrected chi connectivity index (χ2v) is 4.88. The lowest BCUT2D eigenvalue weighted by molar-refractivity contribution is -0.144. The van der Waals surface area contributed by atoms with E-state index < -0.39 is 11.7 Å². The predicted octanol–water partition coefficient (Wildman–Crippen LogP) is 3.02. The first-order chi connectivity index (χ1) is 9.16. The van der Waals surface area contributed by atoms with Crippen LogP contribution in [0.2, 0.25) is 0 Å². The molecule has 0 radical (unpaired) electrons. The lowest BCUT2D eigenvalue weighted by atomic mass is 9.92. The average molecular weight is 256 g/mol. The van der Waals surface area contributed by atoms with Crippen molar-refractivity contribution >= 4 is 16.7 Å². The molecule has 0 aromatic heterocycles. The number of fused-ring (bicyclic) bond motifs is 1. The highest BCUT2D eigenvalue weighted by Crippen LogP contribution is 2.48. The first-order valence-electron chi connectivity index (χ1n) is 6.49. The zero-order chi connectivity index (χ0) is 13.5. The van der Waals surface area contributed by atoms with Crippen LogP contribution in [0, 0.1) is 0 Å². The first-order valence-corrected chi connectivity index (χ1v) is 6.49. The van der Waals surface area contributed by atoms with Crippen LogP contribution in [0.1, 0.15) is 19.4 Å². The standard InChI is InChI=1S/C16H16O3/c1-3-18-15(17)14-16(2,19-14)13-10-6-8-11-7-4-5-9-12(11)13/h4-10,14H,3H2,1-2H3. The number of carbonyl (C=O) groups is 1. The maximum absolute atomic E-state index is 11.8. The van der Waals surface area contributed by atoms with Gasteiger partial charge in [0.25, 0.3) is 0 Å². The number of rotatable bonds is 3. The van der Waals surface area contributed by atoms with Gasteiger partial charge in [-0.3, -0.25) is 0 Å². The summed E-state index contributed by atoms with van der Waals surface area (Å²) in [6, 6.07) is 14.2. The van der Waals surface area contributed by atoms with Crippen molar-refractivity contribution in [2.45, 2.75) is 25.6 Å². The van der Waals surface area contributed by atoms with Gasteiger partial charge in [0.15, 0.2) is 6.10 Å². The van der Waals surface area contributed by atoms with Crippen molar-refractivity contribution in [3.63, 3.8) is 0 Å². The minimum atomic E-state index is -0.562. The second-order valence-electron chi connectivity index (χ2n) is 4.88. The van der Waals surface area contributed by atoms with E-state index in [9.17, 15) is 4.79 Å². The molecular formula is C16H16O3. The summed E-state index contributed by atoms with van der Waals surface area (Å²) in [7, 11) is 0. The Labute approximate surface area is 112 Å². The van der Waals surface area contributed by atoms with Crippen LogP contribution in [0.15, 0.2) is 42.5 Å². The third-order valence-electron chi connectivity index (χ3n) is 3.63. The molecule has 3 nitrogen and oxygen atoms in total. The number of ether oxygens (including phenoxy) is 2. The number of hydrogen-bond donors (Lipinski definition) is 0. The van der Waals surface area contributed by atoms with Crippen LogP contribution in [0.5, 0.6) is 0 Å². The molecule has 0 aliphatic carbocycles. The topological polar surface area (TPSA) is 38.8 Å². The van der Waals surface area contributed by atoms with Crippen LogP contribution in [-0.4, -0.2) is 18.7 Å². The van der Waals surface area contributed by atoms with Crippen molar-refractivity contribution in [1.29, 1.82) is 0 Å². The molecule has 1 saturated heterocycles. The minimum absolute atomic E-state index is 0.280. The Morgan fingerprint density at radius 1 is 1.26 bits per heavy atom. The summed E-state index contributed by atoms with van der Waals surface area (Å²) in [6.45, 7) is 4.12. The van der Waals surface area contributed by atoms with Gasteiger partial charge in [0.2, 0.25) is 0 Å². The molecule has 98 valence electrons. The summed E-state index contributed by atoms with van der Waals surface area (Å²) >= 11 is 0. The Morgan fingerprint density at radius 2 is 2.00 bits per heavy atom. The van der Waals surface area contributed by atoms with E-state index in [1.807, 2.05) is 31.2 Å². The van der Waals surface area contributed by atoms with E-state index in [4.69, 9.17) is 9.47 Å². The Bertz CT molecular complexity index is 629. The van der Waals surface area contributed by atoms with E-state index in [1.54, 1.807) is 6.92 Å². The Kier molecular flexibility index (Phi) is 2.79. The predicted molar refractivity (Wildman–Crippen MR) is 72.8 cm³/mol. The third-order valence-corrected chi connectivity index (χ3v) is 3.63. The molecule has 0 amide bonds. The van der Waals surface area contributed by atoms with Gasteiger partial charge in [-0.05, 0) is 30.2 Å². The summed E-state index contributed by atoms with van der Waals surface area (Å²) in [4.78, 5) is 11.8. The molecule has 0 spiro atoms. The van der Waals surface area contributed by atoms with Crippen LogP contribution in [0.25, 0.3) is 10.8 Å². The number of esters is 1. The van der Waals surface area contributed by atoms with Crippen molar-refractivity contribution < 1.29 is 14.3 Å². The van der Waals surface area contributed by atoms with Crippen molar-refractivity contribution in [2.24, 2.45) is 0 Å². The molecule has 1 heterocycles. The van der Waals surface area contributed by atoms with E-state index in [1.165, 1.54) is 0 Å². The zero-order valence-corrected chi connectivity index (χ0v) is 11.1. The molecule has 0 N–H and O–H groups in total. The smallest absolute Gasteiger partial charge is 0.338 e. The summed E-state index contributed by atoms with van der Waals surface area (Å²) in [5, 5.41) is 2.28. The third kappa shape index (κ3) is 1.90. The second kappa shape index (κ2) is 4.35. The monoisotopic (exact) mass is 256 g/mol. The highest BCUT2D eigenvalue weighted by atomic mass is 16.7. The number of hydrogen-bond acceptors (Lipinski definition) is 3. The van der Waals surface area contributed by atoms with Gasteiger partial charge >= 0.3 is 5.97 Å². The van der Waals surface area contributed by atoms with Crippen molar-refractivity contribution in [1.82, 2.24) is 0 Å². The molecule has 0 bridgehead atoms. The van der Waals surface area contributed by atoms with Crippen molar-refractivity contribution in [2.75, 3.05) is 6.61 Å². The van der Waals surface area contributed by atoms with Gasteiger partial charge in [0.1, 0.15) is 5.60 Å². The quantitative estimate of drug-likeness (QED) is 0.626. The highest BCUT2D eigenvalue weighted by molar-refractivity contribution is 5.89. The van der Waals surface area contributed by atoms with Crippen LogP contribution in [0.4, 0.5) is 0 Å². The van der Waals surface area contributed by atoms with E-state index >= 15 is 0 Å². The average Bonchev–Trinajstić information content (AvgIpc) is 3.12. The summed E-state index contributed by atoms with van der Waals surface area (Å²) in [5.41, 5.74) is 0.483. The van der Waals surface area contributed by atoms with Crippen molar-refractivity contribution in [3.8, 4) is 0 Å². The fraction of sp³-hybridized carbons (Fsp3) is 0.312. The fourth-order valence-electron chi connectivity index (χ4n) is 2.56. The molecule has 2 aromatic rings. The SMILES string of the molecule is CCOC(=O)C1OC1(C)c1cccc2ccccc12. The van der Waals surface area contributed by atoms with Gasteiger partial charge in [-0.15, -0.1) is 0 Å². The van der Waals surface area contributed by atoms with E-state index in [-0.39, 0.29) is 5.97 Å². The summed E-state index contributed by atoms with van der Waals surface area (Å²) in [6.07, 6.45) is -0.488. The fourth-order valence-corrected chi connectivity index (χ4v) is 2.56. The number of benzene rings is 2. The Balaban J connectivity index is 2.00. The Hall–Kier alpha value is -1.87. The molecule has 1 aliphatic rings. The maximum atomic E-state index is 11.8. The summed E-state index contributed by atoms with van der Waals surface area (Å²) in [5.74, 6) is -0.280.